The molecule has 1 heteroatoms. The summed E-state index contributed by atoms with van der Waals surface area (Å²) >= 11 is 0. The molecule has 0 fully saturated rings. The predicted octanol–water partition coefficient (Wildman–Crippen LogP) is 3.77. The summed E-state index contributed by atoms with van der Waals surface area (Å²) in [6.07, 6.45) is 2.08. The number of nitrogens with one attached hydrogen (secondary N) is 1. The summed E-state index contributed by atoms with van der Waals surface area (Å²) in [5, 5.41) is 1.39. The Morgan fingerprint density at radius 1 is 1.14 bits per heavy atom. The standard InChI is InChI=1S/C13H17N/c1-9-8-14-11-7-5-6-10(12(9)11)13(2,3)4/h5-8,14H,1-4H3. The number of benzene rings is 1. The number of aryl methyl sites for hydroxylation is 1. The zero-order valence-electron chi connectivity index (χ0n) is 9.31. The molecular formula is C13H17N. The van der Waals surface area contributed by atoms with Gasteiger partial charge in [0.1, 0.15) is 0 Å². The molecule has 0 atom stereocenters. The van der Waals surface area contributed by atoms with E-state index in [1.54, 1.807) is 0 Å². The first-order chi connectivity index (χ1) is 6.50. The lowest BCUT2D eigenvalue weighted by Gasteiger charge is -2.20. The van der Waals surface area contributed by atoms with Gasteiger partial charge in [-0.2, -0.15) is 0 Å². The topological polar surface area (TPSA) is 15.8 Å². The lowest BCUT2D eigenvalue weighted by molar-refractivity contribution is 0.596. The van der Waals surface area contributed by atoms with Crippen LogP contribution in [0.1, 0.15) is 31.9 Å². The second-order valence-electron chi connectivity index (χ2n) is 4.95. The maximum atomic E-state index is 3.30. The van der Waals surface area contributed by atoms with Crippen molar-refractivity contribution in [3.8, 4) is 0 Å². The fourth-order valence-electron chi connectivity index (χ4n) is 1.98. The second kappa shape index (κ2) is 2.88. The van der Waals surface area contributed by atoms with E-state index < -0.39 is 0 Å². The Labute approximate surface area is 85.1 Å². The minimum Gasteiger partial charge on any atom is -0.361 e. The highest BCUT2D eigenvalue weighted by molar-refractivity contribution is 5.87. The van der Waals surface area contributed by atoms with E-state index in [1.807, 2.05) is 0 Å². The van der Waals surface area contributed by atoms with Crippen LogP contribution in [0, 0.1) is 6.92 Å². The number of hydrogen-bond acceptors (Lipinski definition) is 0. The van der Waals surface area contributed by atoms with Crippen molar-refractivity contribution < 1.29 is 0 Å². The van der Waals surface area contributed by atoms with Crippen molar-refractivity contribution in [2.75, 3.05) is 0 Å². The first-order valence-corrected chi connectivity index (χ1v) is 5.07. The Hall–Kier alpha value is -1.24. The van der Waals surface area contributed by atoms with Crippen LogP contribution in [-0.2, 0) is 5.41 Å². The molecule has 0 saturated carbocycles. The maximum absolute atomic E-state index is 3.30. The first kappa shape index (κ1) is 9.32. The van der Waals surface area contributed by atoms with E-state index in [1.165, 1.54) is 22.0 Å². The summed E-state index contributed by atoms with van der Waals surface area (Å²) < 4.78 is 0. The number of H-pyrrole nitrogens is 1. The van der Waals surface area contributed by atoms with Gasteiger partial charge in [-0.3, -0.25) is 0 Å². The van der Waals surface area contributed by atoms with Crippen molar-refractivity contribution in [3.63, 3.8) is 0 Å². The van der Waals surface area contributed by atoms with Gasteiger partial charge in [0.05, 0.1) is 0 Å². The highest BCUT2D eigenvalue weighted by Crippen LogP contribution is 2.31. The van der Waals surface area contributed by atoms with Crippen LogP contribution in [0.15, 0.2) is 24.4 Å². The lowest BCUT2D eigenvalue weighted by Crippen LogP contribution is -2.11. The van der Waals surface area contributed by atoms with Gasteiger partial charge in [-0.15, -0.1) is 0 Å². The van der Waals surface area contributed by atoms with Gasteiger partial charge >= 0.3 is 0 Å². The molecule has 1 aromatic heterocycles. The second-order valence-corrected chi connectivity index (χ2v) is 4.95. The van der Waals surface area contributed by atoms with Crippen LogP contribution < -0.4 is 0 Å². The minimum absolute atomic E-state index is 0.215. The molecule has 0 saturated heterocycles. The highest BCUT2D eigenvalue weighted by Gasteiger charge is 2.17. The Morgan fingerprint density at radius 2 is 1.86 bits per heavy atom. The third-order valence-electron chi connectivity index (χ3n) is 2.71. The van der Waals surface area contributed by atoms with E-state index in [4.69, 9.17) is 0 Å². The van der Waals surface area contributed by atoms with Crippen LogP contribution in [0.3, 0.4) is 0 Å². The zero-order chi connectivity index (χ0) is 10.3. The van der Waals surface area contributed by atoms with Crippen LogP contribution in [0.4, 0.5) is 0 Å². The predicted molar refractivity (Wildman–Crippen MR) is 61.7 cm³/mol. The quantitative estimate of drug-likeness (QED) is 0.646. The van der Waals surface area contributed by atoms with Crippen LogP contribution >= 0.6 is 0 Å². The van der Waals surface area contributed by atoms with Gasteiger partial charge in [-0.1, -0.05) is 32.9 Å². The fraction of sp³-hybridized carbons (Fsp3) is 0.385. The van der Waals surface area contributed by atoms with Crippen molar-refractivity contribution >= 4 is 10.9 Å². The summed E-state index contributed by atoms with van der Waals surface area (Å²) in [5.74, 6) is 0. The number of rotatable bonds is 0. The molecule has 0 aliphatic rings. The molecule has 74 valence electrons. The Kier molecular flexibility index (Phi) is 1.91. The van der Waals surface area contributed by atoms with E-state index in [0.29, 0.717) is 0 Å². The molecule has 1 nitrogen and oxygen atoms in total. The van der Waals surface area contributed by atoms with Gasteiger partial charge in [0, 0.05) is 17.1 Å². The zero-order valence-corrected chi connectivity index (χ0v) is 9.31. The van der Waals surface area contributed by atoms with E-state index in [9.17, 15) is 0 Å². The number of fused-ring (bicyclic) bond motifs is 1. The highest BCUT2D eigenvalue weighted by atomic mass is 14.7. The van der Waals surface area contributed by atoms with Gasteiger partial charge in [-0.05, 0) is 29.5 Å². The molecular weight excluding hydrogens is 170 g/mol. The SMILES string of the molecule is Cc1c[nH]c2cccc(C(C)(C)C)c12. The van der Waals surface area contributed by atoms with Crippen LogP contribution in [-0.4, -0.2) is 4.98 Å². The maximum Gasteiger partial charge on any atom is 0.0459 e. The van der Waals surface area contributed by atoms with Crippen molar-refractivity contribution in [1.29, 1.82) is 0 Å². The largest absolute Gasteiger partial charge is 0.361 e. The summed E-state index contributed by atoms with van der Waals surface area (Å²) in [6, 6.07) is 6.49. The molecule has 14 heavy (non-hydrogen) atoms. The van der Waals surface area contributed by atoms with E-state index >= 15 is 0 Å². The molecule has 0 aliphatic heterocycles. The smallest absolute Gasteiger partial charge is 0.0459 e. The van der Waals surface area contributed by atoms with Crippen LogP contribution in [0.5, 0.6) is 0 Å². The first-order valence-electron chi connectivity index (χ1n) is 5.07. The average Bonchev–Trinajstić information content (AvgIpc) is 2.46. The van der Waals surface area contributed by atoms with Crippen LogP contribution in [0.25, 0.3) is 10.9 Å². The Balaban J connectivity index is 2.82. The Bertz CT molecular complexity index is 458. The van der Waals surface area contributed by atoms with Gasteiger partial charge in [-0.25, -0.2) is 0 Å². The third kappa shape index (κ3) is 1.33. The Morgan fingerprint density at radius 3 is 2.50 bits per heavy atom. The van der Waals surface area contributed by atoms with Crippen LogP contribution in [0.2, 0.25) is 0 Å². The third-order valence-corrected chi connectivity index (χ3v) is 2.71. The number of aromatic amines is 1. The molecule has 0 bridgehead atoms. The fourth-order valence-corrected chi connectivity index (χ4v) is 1.98. The van der Waals surface area contributed by atoms with Gasteiger partial charge in [0.15, 0.2) is 0 Å². The molecule has 2 rings (SSSR count). The van der Waals surface area contributed by atoms with E-state index in [0.717, 1.165) is 0 Å². The van der Waals surface area contributed by atoms with Gasteiger partial charge in [0.25, 0.3) is 0 Å². The molecule has 1 heterocycles. The number of hydrogen-bond donors (Lipinski definition) is 1. The number of aromatic nitrogens is 1. The monoisotopic (exact) mass is 187 g/mol. The summed E-state index contributed by atoms with van der Waals surface area (Å²) in [5.41, 5.74) is 4.22. The van der Waals surface area contributed by atoms with Crippen molar-refractivity contribution in [2.24, 2.45) is 0 Å². The summed E-state index contributed by atoms with van der Waals surface area (Å²) in [7, 11) is 0. The van der Waals surface area contributed by atoms with E-state index in [2.05, 4.69) is 57.1 Å². The minimum atomic E-state index is 0.215. The van der Waals surface area contributed by atoms with Crippen molar-refractivity contribution in [2.45, 2.75) is 33.1 Å². The van der Waals surface area contributed by atoms with Gasteiger partial charge in [0.2, 0.25) is 0 Å². The van der Waals surface area contributed by atoms with Crippen molar-refractivity contribution in [1.82, 2.24) is 4.98 Å². The molecule has 1 N–H and O–H groups in total. The van der Waals surface area contributed by atoms with Crippen molar-refractivity contribution in [3.05, 3.63) is 35.5 Å². The summed E-state index contributed by atoms with van der Waals surface area (Å²) in [4.78, 5) is 3.30. The average molecular weight is 187 g/mol. The molecule has 0 amide bonds. The van der Waals surface area contributed by atoms with Gasteiger partial charge < -0.3 is 4.98 Å². The molecule has 1 aromatic carbocycles. The molecule has 0 radical (unpaired) electrons. The lowest BCUT2D eigenvalue weighted by atomic mass is 9.84. The molecule has 0 unspecified atom stereocenters. The van der Waals surface area contributed by atoms with E-state index in [-0.39, 0.29) is 5.41 Å². The summed E-state index contributed by atoms with van der Waals surface area (Å²) in [6.45, 7) is 8.94. The molecule has 0 spiro atoms. The normalized spacial score (nSPS) is 12.3. The molecule has 0 aliphatic carbocycles. The molecule has 2 aromatic rings.